The molecule has 0 aliphatic carbocycles. The quantitative estimate of drug-likeness (QED) is 0.603. The summed E-state index contributed by atoms with van der Waals surface area (Å²) in [4.78, 5) is 12.8. The normalized spacial score (nSPS) is 16.0. The maximum absolute atomic E-state index is 12.7. The number of benzene rings is 2. The minimum atomic E-state index is -3.66. The second kappa shape index (κ2) is 9.99. The molecule has 1 saturated heterocycles. The lowest BCUT2D eigenvalue weighted by atomic mass is 10.1. The van der Waals surface area contributed by atoms with E-state index in [4.69, 9.17) is 18.9 Å². The van der Waals surface area contributed by atoms with Crippen LogP contribution in [-0.4, -0.2) is 54.9 Å². The van der Waals surface area contributed by atoms with E-state index in [9.17, 15) is 13.2 Å². The third-order valence-corrected chi connectivity index (χ3v) is 6.31. The Labute approximate surface area is 181 Å². The Bertz CT molecular complexity index is 992. The van der Waals surface area contributed by atoms with E-state index in [1.165, 1.54) is 57.7 Å². The molecule has 168 valence electrons. The predicted octanol–water partition coefficient (Wildman–Crippen LogP) is 2.42. The minimum absolute atomic E-state index is 0.0909. The van der Waals surface area contributed by atoms with Gasteiger partial charge in [0.2, 0.25) is 15.8 Å². The summed E-state index contributed by atoms with van der Waals surface area (Å²) < 4.78 is 48.7. The molecule has 0 saturated carbocycles. The van der Waals surface area contributed by atoms with Crippen LogP contribution in [-0.2, 0) is 14.8 Å². The van der Waals surface area contributed by atoms with Gasteiger partial charge in [0.1, 0.15) is 0 Å². The summed E-state index contributed by atoms with van der Waals surface area (Å²) in [6.07, 6.45) is 1.69. The molecule has 2 aromatic rings. The van der Waals surface area contributed by atoms with Crippen molar-refractivity contribution in [2.75, 3.05) is 39.8 Å². The highest BCUT2D eigenvalue weighted by Crippen LogP contribution is 2.38. The molecule has 3 rings (SSSR count). The van der Waals surface area contributed by atoms with Crippen LogP contribution in [0.4, 0.5) is 5.69 Å². The molecule has 9 nitrogen and oxygen atoms in total. The summed E-state index contributed by atoms with van der Waals surface area (Å²) in [5.41, 5.74) is 0.737. The predicted molar refractivity (Wildman–Crippen MR) is 115 cm³/mol. The summed E-state index contributed by atoms with van der Waals surface area (Å²) in [7, 11) is 0.744. The van der Waals surface area contributed by atoms with Gasteiger partial charge in [-0.1, -0.05) is 0 Å². The van der Waals surface area contributed by atoms with Crippen molar-refractivity contribution in [1.82, 2.24) is 4.72 Å². The van der Waals surface area contributed by atoms with Crippen molar-refractivity contribution >= 4 is 21.6 Å². The number of amides is 1. The molecular weight excluding hydrogens is 424 g/mol. The first-order valence-electron chi connectivity index (χ1n) is 9.70. The molecular formula is C21H26N2O7S. The van der Waals surface area contributed by atoms with Gasteiger partial charge in [0.15, 0.2) is 11.5 Å². The molecule has 0 radical (unpaired) electrons. The van der Waals surface area contributed by atoms with E-state index in [1.807, 2.05) is 0 Å². The van der Waals surface area contributed by atoms with Crippen LogP contribution >= 0.6 is 0 Å². The highest BCUT2D eigenvalue weighted by molar-refractivity contribution is 7.89. The molecule has 2 aromatic carbocycles. The van der Waals surface area contributed by atoms with Crippen LogP contribution in [0, 0.1) is 0 Å². The van der Waals surface area contributed by atoms with Gasteiger partial charge in [-0.25, -0.2) is 13.1 Å². The Kier molecular flexibility index (Phi) is 7.37. The smallest absolute Gasteiger partial charge is 0.255 e. The number of hydrogen-bond donors (Lipinski definition) is 2. The number of methoxy groups -OCH3 is 3. The van der Waals surface area contributed by atoms with E-state index in [-0.39, 0.29) is 17.5 Å². The Balaban J connectivity index is 1.70. The minimum Gasteiger partial charge on any atom is -0.493 e. The number of hydrogen-bond acceptors (Lipinski definition) is 7. The summed E-state index contributed by atoms with van der Waals surface area (Å²) in [6.45, 7) is 0.898. The Morgan fingerprint density at radius 3 is 2.23 bits per heavy atom. The molecule has 10 heteroatoms. The zero-order chi connectivity index (χ0) is 22.4. The molecule has 1 atom stereocenters. The van der Waals surface area contributed by atoms with Crippen LogP contribution < -0.4 is 24.2 Å². The molecule has 31 heavy (non-hydrogen) atoms. The van der Waals surface area contributed by atoms with Crippen molar-refractivity contribution in [3.63, 3.8) is 0 Å². The number of rotatable bonds is 9. The second-order valence-corrected chi connectivity index (χ2v) is 8.65. The first kappa shape index (κ1) is 22.9. The van der Waals surface area contributed by atoms with Crippen LogP contribution in [0.3, 0.4) is 0 Å². The molecule has 1 amide bonds. The largest absolute Gasteiger partial charge is 0.493 e. The third kappa shape index (κ3) is 5.46. The van der Waals surface area contributed by atoms with Crippen LogP contribution in [0.2, 0.25) is 0 Å². The van der Waals surface area contributed by atoms with Gasteiger partial charge < -0.3 is 24.3 Å². The van der Waals surface area contributed by atoms with Gasteiger partial charge in [-0.3, -0.25) is 4.79 Å². The fraction of sp³-hybridized carbons (Fsp3) is 0.381. The summed E-state index contributed by atoms with van der Waals surface area (Å²) in [5, 5.41) is 2.73. The zero-order valence-corrected chi connectivity index (χ0v) is 18.5. The Morgan fingerprint density at radius 1 is 1.06 bits per heavy atom. The van der Waals surface area contributed by atoms with Crippen LogP contribution in [0.25, 0.3) is 0 Å². The Hall–Kier alpha value is -2.82. The van der Waals surface area contributed by atoms with Crippen molar-refractivity contribution in [3.05, 3.63) is 42.0 Å². The van der Waals surface area contributed by atoms with Crippen LogP contribution in [0.1, 0.15) is 23.2 Å². The molecule has 2 N–H and O–H groups in total. The van der Waals surface area contributed by atoms with Gasteiger partial charge in [0.05, 0.1) is 32.3 Å². The van der Waals surface area contributed by atoms with Gasteiger partial charge in [0.25, 0.3) is 5.91 Å². The van der Waals surface area contributed by atoms with E-state index in [1.54, 1.807) is 0 Å². The lowest BCUT2D eigenvalue weighted by Gasteiger charge is -2.14. The lowest BCUT2D eigenvalue weighted by Crippen LogP contribution is -2.31. The summed E-state index contributed by atoms with van der Waals surface area (Å²) in [5.74, 6) is 0.675. The fourth-order valence-corrected chi connectivity index (χ4v) is 4.29. The monoisotopic (exact) mass is 450 g/mol. The van der Waals surface area contributed by atoms with Gasteiger partial charge in [-0.05, 0) is 49.2 Å². The average molecular weight is 451 g/mol. The van der Waals surface area contributed by atoms with Crippen molar-refractivity contribution in [3.8, 4) is 17.2 Å². The maximum Gasteiger partial charge on any atom is 0.255 e. The molecule has 1 heterocycles. The highest BCUT2D eigenvalue weighted by Gasteiger charge is 2.21. The highest BCUT2D eigenvalue weighted by atomic mass is 32.2. The summed E-state index contributed by atoms with van der Waals surface area (Å²) in [6, 6.07) is 8.98. The molecule has 0 unspecified atom stereocenters. The molecule has 1 fully saturated rings. The molecule has 0 bridgehead atoms. The fourth-order valence-electron chi connectivity index (χ4n) is 3.22. The number of carbonyl (C=O) groups is 1. The van der Waals surface area contributed by atoms with E-state index in [0.29, 0.717) is 35.1 Å². The zero-order valence-electron chi connectivity index (χ0n) is 17.6. The van der Waals surface area contributed by atoms with Crippen molar-refractivity contribution < 1.29 is 32.2 Å². The molecule has 1 aliphatic rings. The van der Waals surface area contributed by atoms with Gasteiger partial charge in [-0.2, -0.15) is 0 Å². The van der Waals surface area contributed by atoms with E-state index in [2.05, 4.69) is 10.0 Å². The topological polar surface area (TPSA) is 112 Å². The first-order valence-corrected chi connectivity index (χ1v) is 11.2. The van der Waals surface area contributed by atoms with Gasteiger partial charge in [-0.15, -0.1) is 0 Å². The third-order valence-electron chi connectivity index (χ3n) is 4.87. The molecule has 0 aromatic heterocycles. The van der Waals surface area contributed by atoms with Crippen LogP contribution in [0.15, 0.2) is 41.3 Å². The van der Waals surface area contributed by atoms with Crippen molar-refractivity contribution in [2.45, 2.75) is 23.8 Å². The van der Waals surface area contributed by atoms with Crippen molar-refractivity contribution in [2.24, 2.45) is 0 Å². The first-order chi connectivity index (χ1) is 14.9. The maximum atomic E-state index is 12.7. The summed E-state index contributed by atoms with van der Waals surface area (Å²) >= 11 is 0. The number of ether oxygens (including phenoxy) is 4. The molecule has 0 spiro atoms. The van der Waals surface area contributed by atoms with Crippen LogP contribution in [0.5, 0.6) is 17.2 Å². The van der Waals surface area contributed by atoms with E-state index >= 15 is 0 Å². The second-order valence-electron chi connectivity index (χ2n) is 6.88. The SMILES string of the molecule is COc1cc(C(=O)Nc2ccc(S(=O)(=O)NC[C@H]3CCCO3)cc2)cc(OC)c1OC. The lowest BCUT2D eigenvalue weighted by molar-refractivity contribution is 0.102. The number of anilines is 1. The number of nitrogens with one attached hydrogen (secondary N) is 2. The Morgan fingerprint density at radius 2 is 1.71 bits per heavy atom. The average Bonchev–Trinajstić information content (AvgIpc) is 3.31. The van der Waals surface area contributed by atoms with E-state index in [0.717, 1.165) is 12.8 Å². The standard InChI is InChI=1S/C21H26N2O7S/c1-27-18-11-14(12-19(28-2)20(18)29-3)21(24)23-15-6-8-17(9-7-15)31(25,26)22-13-16-5-4-10-30-16/h6-9,11-12,16,22H,4-5,10,13H2,1-3H3,(H,23,24)/t16-/m1/s1. The number of sulfonamides is 1. The van der Waals surface area contributed by atoms with Gasteiger partial charge >= 0.3 is 0 Å². The number of carbonyl (C=O) groups excluding carboxylic acids is 1. The van der Waals surface area contributed by atoms with E-state index < -0.39 is 15.9 Å². The van der Waals surface area contributed by atoms with Crippen molar-refractivity contribution in [1.29, 1.82) is 0 Å². The van der Waals surface area contributed by atoms with Gasteiger partial charge in [0, 0.05) is 24.4 Å². The molecule has 1 aliphatic heterocycles.